The Morgan fingerprint density at radius 2 is 2.00 bits per heavy atom. The lowest BCUT2D eigenvalue weighted by atomic mass is 9.82. The van der Waals surface area contributed by atoms with Gasteiger partial charge >= 0.3 is 7.12 Å². The van der Waals surface area contributed by atoms with Gasteiger partial charge in [-0.2, -0.15) is 0 Å². The van der Waals surface area contributed by atoms with E-state index in [0.29, 0.717) is 5.46 Å². The molecule has 5 heteroatoms. The highest BCUT2D eigenvalue weighted by molar-refractivity contribution is 6.70. The molecule has 0 spiro atoms. The Balaban J connectivity index is 2.86. The van der Waals surface area contributed by atoms with Crippen LogP contribution in [-0.2, 0) is 0 Å². The number of rotatable bonds is 2. The Kier molecular flexibility index (Phi) is 3.02. The lowest BCUT2D eigenvalue weighted by Crippen LogP contribution is -2.34. The molecule has 1 aromatic rings. The molecule has 0 aliphatic rings. The van der Waals surface area contributed by atoms with Gasteiger partial charge in [0.05, 0.1) is 8.80 Å². The third-order valence-corrected chi connectivity index (χ3v) is 3.22. The van der Waals surface area contributed by atoms with Crippen LogP contribution in [0.2, 0.25) is 13.1 Å². The third kappa shape index (κ3) is 2.17. The van der Waals surface area contributed by atoms with Crippen molar-refractivity contribution in [2.45, 2.75) is 13.1 Å². The molecule has 64 valence electrons. The summed E-state index contributed by atoms with van der Waals surface area (Å²) in [5.41, 5.74) is 0.452. The van der Waals surface area contributed by atoms with Crippen molar-refractivity contribution in [3.63, 3.8) is 0 Å². The van der Waals surface area contributed by atoms with E-state index in [1.807, 2.05) is 6.07 Å². The molecule has 0 amide bonds. The SMILES string of the molecule is C[SiH](C)c1ccc(B(O)O)cn1. The lowest BCUT2D eigenvalue weighted by Gasteiger charge is -2.03. The van der Waals surface area contributed by atoms with E-state index in [2.05, 4.69) is 18.1 Å². The van der Waals surface area contributed by atoms with Crippen LogP contribution in [0.5, 0.6) is 0 Å². The number of hydrogen-bond donors (Lipinski definition) is 2. The van der Waals surface area contributed by atoms with Gasteiger partial charge in [-0.3, -0.25) is 4.98 Å². The van der Waals surface area contributed by atoms with Crippen molar-refractivity contribution in [1.82, 2.24) is 4.98 Å². The maximum absolute atomic E-state index is 8.78. The number of aromatic nitrogens is 1. The summed E-state index contributed by atoms with van der Waals surface area (Å²) in [7, 11) is -2.26. The Morgan fingerprint density at radius 3 is 2.33 bits per heavy atom. The summed E-state index contributed by atoms with van der Waals surface area (Å²) >= 11 is 0. The average Bonchev–Trinajstić information content (AvgIpc) is 2.04. The Hall–Kier alpha value is -0.648. The van der Waals surface area contributed by atoms with Gasteiger partial charge in [0.2, 0.25) is 0 Å². The van der Waals surface area contributed by atoms with Gasteiger partial charge in [0.25, 0.3) is 0 Å². The highest BCUT2D eigenvalue weighted by atomic mass is 28.3. The van der Waals surface area contributed by atoms with Crippen LogP contribution in [0.15, 0.2) is 18.3 Å². The molecule has 3 nitrogen and oxygen atoms in total. The number of nitrogens with zero attached hydrogens (tertiary/aromatic N) is 1. The van der Waals surface area contributed by atoms with Crippen LogP contribution in [0.3, 0.4) is 0 Å². The molecule has 12 heavy (non-hydrogen) atoms. The summed E-state index contributed by atoms with van der Waals surface area (Å²) < 4.78 is 0. The van der Waals surface area contributed by atoms with Crippen molar-refractivity contribution in [1.29, 1.82) is 0 Å². The maximum Gasteiger partial charge on any atom is 0.490 e. The second-order valence-electron chi connectivity index (χ2n) is 3.04. The molecule has 0 saturated heterocycles. The van der Waals surface area contributed by atoms with E-state index >= 15 is 0 Å². The fraction of sp³-hybridized carbons (Fsp3) is 0.286. The van der Waals surface area contributed by atoms with E-state index < -0.39 is 15.9 Å². The molecule has 0 aliphatic heterocycles. The molecule has 0 saturated carbocycles. The summed E-state index contributed by atoms with van der Waals surface area (Å²) in [6.07, 6.45) is 1.52. The molecule has 1 aromatic heterocycles. The minimum Gasteiger partial charge on any atom is -0.423 e. The lowest BCUT2D eigenvalue weighted by molar-refractivity contribution is 0.425. The highest BCUT2D eigenvalue weighted by Crippen LogP contribution is 1.82. The van der Waals surface area contributed by atoms with E-state index in [0.717, 1.165) is 5.32 Å². The van der Waals surface area contributed by atoms with E-state index in [1.165, 1.54) is 6.20 Å². The van der Waals surface area contributed by atoms with Gasteiger partial charge in [0, 0.05) is 17.0 Å². The predicted octanol–water partition coefficient (Wildman–Crippen LogP) is -1.54. The molecular formula is C7H12BNO2Si. The first-order valence-corrected chi connectivity index (χ1v) is 6.82. The van der Waals surface area contributed by atoms with Gasteiger partial charge in [-0.15, -0.1) is 0 Å². The van der Waals surface area contributed by atoms with Gasteiger partial charge in [0.1, 0.15) is 0 Å². The molecule has 0 fully saturated rings. The predicted molar refractivity (Wildman–Crippen MR) is 52.6 cm³/mol. The van der Waals surface area contributed by atoms with Crippen molar-refractivity contribution in [2.24, 2.45) is 0 Å². The Bertz CT molecular complexity index is 223. The Labute approximate surface area is 73.8 Å². The summed E-state index contributed by atoms with van der Waals surface area (Å²) in [5, 5.41) is 18.7. The third-order valence-electron chi connectivity index (χ3n) is 1.70. The molecule has 0 unspecified atom stereocenters. The summed E-state index contributed by atoms with van der Waals surface area (Å²) in [4.78, 5) is 4.14. The molecule has 1 heterocycles. The van der Waals surface area contributed by atoms with Crippen LogP contribution in [0.4, 0.5) is 0 Å². The second-order valence-corrected chi connectivity index (χ2v) is 5.95. The first-order chi connectivity index (χ1) is 5.61. The largest absolute Gasteiger partial charge is 0.490 e. The van der Waals surface area contributed by atoms with Gasteiger partial charge < -0.3 is 10.0 Å². The van der Waals surface area contributed by atoms with Crippen molar-refractivity contribution >= 4 is 26.7 Å². The molecule has 0 radical (unpaired) electrons. The smallest absolute Gasteiger partial charge is 0.423 e. The van der Waals surface area contributed by atoms with E-state index in [9.17, 15) is 0 Å². The minimum atomic E-state index is -1.40. The zero-order valence-corrected chi connectivity index (χ0v) is 8.38. The van der Waals surface area contributed by atoms with Gasteiger partial charge in [-0.05, 0) is 6.07 Å². The number of hydrogen-bond acceptors (Lipinski definition) is 3. The molecular weight excluding hydrogens is 169 g/mol. The normalized spacial score (nSPS) is 10.4. The van der Waals surface area contributed by atoms with E-state index in [4.69, 9.17) is 10.0 Å². The quantitative estimate of drug-likeness (QED) is 0.543. The van der Waals surface area contributed by atoms with E-state index in [-0.39, 0.29) is 0 Å². The first kappa shape index (κ1) is 9.44. The van der Waals surface area contributed by atoms with Crippen LogP contribution in [0.25, 0.3) is 0 Å². The standard InChI is InChI=1S/C7H12BNO2Si/c1-12(2)7-4-3-6(5-9-7)8(10)11/h3-5,10-12H,1-2H3. The van der Waals surface area contributed by atoms with Crippen molar-refractivity contribution < 1.29 is 10.0 Å². The van der Waals surface area contributed by atoms with Gasteiger partial charge in [-0.1, -0.05) is 19.2 Å². The first-order valence-electron chi connectivity index (χ1n) is 3.93. The minimum absolute atomic E-state index is 0.452. The van der Waals surface area contributed by atoms with Crippen LogP contribution >= 0.6 is 0 Å². The monoisotopic (exact) mass is 181 g/mol. The summed E-state index contributed by atoms with van der Waals surface area (Å²) in [6, 6.07) is 3.58. The van der Waals surface area contributed by atoms with Crippen molar-refractivity contribution in [3.8, 4) is 0 Å². The number of pyridine rings is 1. The van der Waals surface area contributed by atoms with Gasteiger partial charge in [0.15, 0.2) is 0 Å². The maximum atomic E-state index is 8.78. The zero-order chi connectivity index (χ0) is 9.14. The van der Waals surface area contributed by atoms with Crippen LogP contribution in [-0.4, -0.2) is 30.9 Å². The topological polar surface area (TPSA) is 53.4 Å². The van der Waals surface area contributed by atoms with Gasteiger partial charge in [-0.25, -0.2) is 0 Å². The molecule has 0 atom stereocenters. The van der Waals surface area contributed by atoms with Crippen LogP contribution in [0, 0.1) is 0 Å². The van der Waals surface area contributed by atoms with E-state index in [1.54, 1.807) is 6.07 Å². The second kappa shape index (κ2) is 3.84. The molecule has 1 rings (SSSR count). The van der Waals surface area contributed by atoms with Crippen molar-refractivity contribution in [2.75, 3.05) is 0 Å². The Morgan fingerprint density at radius 1 is 1.33 bits per heavy atom. The fourth-order valence-corrected chi connectivity index (χ4v) is 1.76. The molecule has 2 N–H and O–H groups in total. The molecule has 0 bridgehead atoms. The molecule has 0 aromatic carbocycles. The highest BCUT2D eigenvalue weighted by Gasteiger charge is 2.11. The zero-order valence-electron chi connectivity index (χ0n) is 7.23. The van der Waals surface area contributed by atoms with Crippen LogP contribution < -0.4 is 10.8 Å². The summed E-state index contributed by atoms with van der Waals surface area (Å²) in [5.74, 6) is 0. The fourth-order valence-electron chi connectivity index (χ4n) is 0.911. The summed E-state index contributed by atoms with van der Waals surface area (Å²) in [6.45, 7) is 4.36. The van der Waals surface area contributed by atoms with Crippen molar-refractivity contribution in [3.05, 3.63) is 18.3 Å². The molecule has 0 aliphatic carbocycles. The van der Waals surface area contributed by atoms with Crippen LogP contribution in [0.1, 0.15) is 0 Å². The average molecular weight is 181 g/mol.